The van der Waals surface area contributed by atoms with Gasteiger partial charge >= 0.3 is 17.9 Å². The van der Waals surface area contributed by atoms with Gasteiger partial charge in [0.15, 0.2) is 6.10 Å². The van der Waals surface area contributed by atoms with Gasteiger partial charge in [-0.2, -0.15) is 0 Å². The van der Waals surface area contributed by atoms with Crippen LogP contribution < -0.4 is 0 Å². The van der Waals surface area contributed by atoms with Crippen LogP contribution in [0.1, 0.15) is 53.4 Å². The lowest BCUT2D eigenvalue weighted by molar-refractivity contribution is -0.221. The Bertz CT molecular complexity index is 1170. The molecule has 2 aliphatic carbocycles. The van der Waals surface area contributed by atoms with E-state index < -0.39 is 64.0 Å². The van der Waals surface area contributed by atoms with Crippen molar-refractivity contribution in [2.45, 2.75) is 89.2 Å². The molecule has 0 aromatic rings. The molecule has 4 saturated heterocycles. The number of cyclic esters (lactones) is 3. The fourth-order valence-electron chi connectivity index (χ4n) is 9.51. The van der Waals surface area contributed by atoms with Crippen LogP contribution in [0, 0.1) is 28.1 Å². The van der Waals surface area contributed by atoms with Crippen LogP contribution in [-0.2, 0) is 42.9 Å². The lowest BCUT2D eigenvalue weighted by atomic mass is 9.37. The summed E-state index contributed by atoms with van der Waals surface area (Å²) in [5.41, 5.74) is -4.37. The van der Waals surface area contributed by atoms with Crippen molar-refractivity contribution in [3.05, 3.63) is 11.6 Å². The maximum atomic E-state index is 14.3. The average molecular weight is 503 g/mol. The molecule has 0 aromatic carbocycles. The van der Waals surface area contributed by atoms with Crippen LogP contribution in [-0.4, -0.2) is 71.2 Å². The highest BCUT2D eigenvalue weighted by Crippen LogP contribution is 2.78. The number of aliphatic hydroxyl groups excluding tert-OH is 1. The van der Waals surface area contributed by atoms with Crippen molar-refractivity contribution in [3.8, 4) is 0 Å². The lowest BCUT2D eigenvalue weighted by Gasteiger charge is -2.65. The van der Waals surface area contributed by atoms with Gasteiger partial charge in [0, 0.05) is 23.2 Å². The minimum absolute atomic E-state index is 0.0118. The van der Waals surface area contributed by atoms with E-state index in [1.54, 1.807) is 0 Å². The van der Waals surface area contributed by atoms with E-state index >= 15 is 0 Å². The summed E-state index contributed by atoms with van der Waals surface area (Å²) in [4.78, 5) is 52.3. The van der Waals surface area contributed by atoms with Gasteiger partial charge < -0.3 is 28.8 Å². The summed E-state index contributed by atoms with van der Waals surface area (Å²) >= 11 is 0. The Labute approximate surface area is 207 Å². The standard InChI is InChI=1S/C26H30O10/c1-22(2)13-8-14(27)24(4)12(25(13)10-32-16(28)9-15(25)35-22)5-6-23(3)18(11-7-17(29)33-20(11)30)34-21(31)19-26(23,24)36-19/h7,12-13,15,17-19,29H,5-6,8-10H2,1-4H3/t12-,13+,15+,17+,18+,19-,23+,24+,25-,26-/m1/s1. The molecule has 0 unspecified atom stereocenters. The molecule has 2 saturated carbocycles. The van der Waals surface area contributed by atoms with Gasteiger partial charge in [-0.05, 0) is 45.6 Å². The Morgan fingerprint density at radius 3 is 2.39 bits per heavy atom. The molecule has 0 radical (unpaired) electrons. The molecule has 0 aromatic heterocycles. The van der Waals surface area contributed by atoms with Gasteiger partial charge in [0.25, 0.3) is 0 Å². The number of fused-ring (bicyclic) bond motifs is 1. The van der Waals surface area contributed by atoms with E-state index in [9.17, 15) is 24.3 Å². The molecule has 0 bridgehead atoms. The predicted molar refractivity (Wildman–Crippen MR) is 117 cm³/mol. The molecule has 5 aliphatic heterocycles. The Kier molecular flexibility index (Phi) is 4.06. The molecule has 1 N–H and O–H groups in total. The third kappa shape index (κ3) is 2.23. The van der Waals surface area contributed by atoms with Crippen molar-refractivity contribution in [2.24, 2.45) is 28.1 Å². The second-order valence-electron chi connectivity index (χ2n) is 12.5. The molecule has 0 amide bonds. The number of epoxide rings is 1. The second-order valence-corrected chi connectivity index (χ2v) is 12.5. The molecule has 2 spiro atoms. The summed E-state index contributed by atoms with van der Waals surface area (Å²) in [6.45, 7) is 7.88. The van der Waals surface area contributed by atoms with Crippen LogP contribution >= 0.6 is 0 Å². The maximum Gasteiger partial charge on any atom is 0.340 e. The molecule has 10 heteroatoms. The first-order chi connectivity index (χ1) is 16.8. The number of carbonyl (C=O) groups is 4. The number of ether oxygens (including phenoxy) is 5. The number of aliphatic hydroxyl groups is 1. The van der Waals surface area contributed by atoms with E-state index in [2.05, 4.69) is 0 Å². The quantitative estimate of drug-likeness (QED) is 0.314. The Morgan fingerprint density at radius 1 is 0.944 bits per heavy atom. The fraction of sp³-hybridized carbons (Fsp3) is 0.769. The predicted octanol–water partition coefficient (Wildman–Crippen LogP) is 0.973. The SMILES string of the molecule is CC1(C)O[C@H]2CC(=O)OC[C@@]23[C@H]1CC(=O)[C@]1(C)[C@H]3CC[C@@]2(C)[C@H](C3=C[C@@H](O)OC3=O)OC(=O)[C@H]3O[C@]321. The van der Waals surface area contributed by atoms with Gasteiger partial charge in [0.2, 0.25) is 6.29 Å². The molecule has 7 rings (SSSR count). The Balaban J connectivity index is 1.39. The summed E-state index contributed by atoms with van der Waals surface area (Å²) in [5.74, 6) is -2.12. The molecule has 36 heavy (non-hydrogen) atoms. The van der Waals surface area contributed by atoms with Gasteiger partial charge in [-0.1, -0.05) is 6.92 Å². The number of esters is 3. The number of ketones is 1. The second kappa shape index (κ2) is 6.39. The Morgan fingerprint density at radius 2 is 1.69 bits per heavy atom. The Hall–Kier alpha value is -2.30. The van der Waals surface area contributed by atoms with E-state index in [1.165, 1.54) is 6.08 Å². The number of rotatable bonds is 1. The van der Waals surface area contributed by atoms with Crippen LogP contribution in [0.25, 0.3) is 0 Å². The molecular formula is C26H30O10. The van der Waals surface area contributed by atoms with Crippen molar-refractivity contribution in [3.63, 3.8) is 0 Å². The zero-order valence-electron chi connectivity index (χ0n) is 20.7. The fourth-order valence-corrected chi connectivity index (χ4v) is 9.51. The minimum Gasteiger partial charge on any atom is -0.465 e. The average Bonchev–Trinajstić information content (AvgIpc) is 3.43. The number of Topliss-reactive ketones (excluding diaryl/α,β-unsaturated/α-hetero) is 1. The topological polar surface area (TPSA) is 138 Å². The van der Waals surface area contributed by atoms with Gasteiger partial charge in [0.05, 0.1) is 29.1 Å². The summed E-state index contributed by atoms with van der Waals surface area (Å²) in [5, 5.41) is 9.90. The van der Waals surface area contributed by atoms with Gasteiger partial charge in [-0.3, -0.25) is 9.59 Å². The third-order valence-corrected chi connectivity index (χ3v) is 11.0. The van der Waals surface area contributed by atoms with E-state index in [0.29, 0.717) is 12.8 Å². The molecule has 5 heterocycles. The molecule has 7 aliphatic rings. The normalized spacial score (nSPS) is 54.1. The van der Waals surface area contributed by atoms with Crippen LogP contribution in [0.15, 0.2) is 11.6 Å². The molecular weight excluding hydrogens is 472 g/mol. The first kappa shape index (κ1) is 22.9. The van der Waals surface area contributed by atoms with E-state index in [-0.39, 0.29) is 48.6 Å². The number of hydrogen-bond acceptors (Lipinski definition) is 10. The highest BCUT2D eigenvalue weighted by Gasteiger charge is 2.90. The number of carbonyl (C=O) groups excluding carboxylic acids is 4. The zero-order valence-corrected chi connectivity index (χ0v) is 20.7. The van der Waals surface area contributed by atoms with E-state index in [0.717, 1.165) is 0 Å². The summed E-state index contributed by atoms with van der Waals surface area (Å²) in [6, 6.07) is 0. The summed E-state index contributed by atoms with van der Waals surface area (Å²) < 4.78 is 29.1. The number of hydrogen-bond donors (Lipinski definition) is 1. The minimum atomic E-state index is -1.41. The molecule has 6 fully saturated rings. The largest absolute Gasteiger partial charge is 0.465 e. The zero-order chi connectivity index (χ0) is 25.6. The van der Waals surface area contributed by atoms with Crippen LogP contribution in [0.2, 0.25) is 0 Å². The van der Waals surface area contributed by atoms with Crippen molar-refractivity contribution < 1.29 is 48.0 Å². The van der Waals surface area contributed by atoms with E-state index in [1.807, 2.05) is 27.7 Å². The van der Waals surface area contributed by atoms with Crippen LogP contribution in [0.5, 0.6) is 0 Å². The van der Waals surface area contributed by atoms with Gasteiger partial charge in [-0.15, -0.1) is 0 Å². The molecule has 10 nitrogen and oxygen atoms in total. The van der Waals surface area contributed by atoms with Crippen molar-refractivity contribution >= 4 is 23.7 Å². The van der Waals surface area contributed by atoms with Crippen molar-refractivity contribution in [1.82, 2.24) is 0 Å². The maximum absolute atomic E-state index is 14.3. The highest BCUT2D eigenvalue weighted by molar-refractivity contribution is 5.96. The lowest BCUT2D eigenvalue weighted by Crippen LogP contribution is -2.74. The third-order valence-electron chi connectivity index (χ3n) is 11.0. The van der Waals surface area contributed by atoms with Crippen LogP contribution in [0.3, 0.4) is 0 Å². The monoisotopic (exact) mass is 502 g/mol. The highest BCUT2D eigenvalue weighted by atomic mass is 16.7. The molecule has 10 atom stereocenters. The molecule has 194 valence electrons. The summed E-state index contributed by atoms with van der Waals surface area (Å²) in [6.07, 6.45) is -1.12. The van der Waals surface area contributed by atoms with Crippen LogP contribution in [0.4, 0.5) is 0 Å². The van der Waals surface area contributed by atoms with E-state index in [4.69, 9.17) is 23.7 Å². The first-order valence-electron chi connectivity index (χ1n) is 12.7. The smallest absolute Gasteiger partial charge is 0.340 e. The van der Waals surface area contributed by atoms with Crippen molar-refractivity contribution in [1.29, 1.82) is 0 Å². The summed E-state index contributed by atoms with van der Waals surface area (Å²) in [7, 11) is 0. The van der Waals surface area contributed by atoms with Gasteiger partial charge in [0.1, 0.15) is 24.1 Å². The first-order valence-corrected chi connectivity index (χ1v) is 12.7. The van der Waals surface area contributed by atoms with Gasteiger partial charge in [-0.25, -0.2) is 9.59 Å². The van der Waals surface area contributed by atoms with Crippen molar-refractivity contribution in [2.75, 3.05) is 6.61 Å².